The Bertz CT molecular complexity index is 660. The van der Waals surface area contributed by atoms with Crippen LogP contribution in [0.3, 0.4) is 0 Å². The Morgan fingerprint density at radius 3 is 2.70 bits per heavy atom. The molecule has 0 heterocycles. The number of nitrogens with two attached hydrogens (primary N) is 1. The van der Waals surface area contributed by atoms with Crippen molar-refractivity contribution < 1.29 is 9.13 Å². The van der Waals surface area contributed by atoms with Crippen LogP contribution in [0.25, 0.3) is 0 Å². The molecule has 104 valence electrons. The summed E-state index contributed by atoms with van der Waals surface area (Å²) in [7, 11) is 0. The van der Waals surface area contributed by atoms with Gasteiger partial charge >= 0.3 is 0 Å². The van der Waals surface area contributed by atoms with Crippen LogP contribution in [0.15, 0.2) is 36.4 Å². The van der Waals surface area contributed by atoms with E-state index in [-0.39, 0.29) is 12.4 Å². The molecule has 0 atom stereocenters. The third kappa shape index (κ3) is 3.46. The van der Waals surface area contributed by atoms with Gasteiger partial charge in [0, 0.05) is 11.1 Å². The molecule has 2 nitrogen and oxygen atoms in total. The topological polar surface area (TPSA) is 35.2 Å². The third-order valence-corrected chi connectivity index (χ3v) is 3.46. The molecule has 0 saturated heterocycles. The monoisotopic (exact) mass is 309 g/mol. The Morgan fingerprint density at radius 2 is 2.05 bits per heavy atom. The molecule has 2 N–H and O–H groups in total. The van der Waals surface area contributed by atoms with Crippen molar-refractivity contribution in [1.29, 1.82) is 0 Å². The van der Waals surface area contributed by atoms with Crippen molar-refractivity contribution in [3.8, 4) is 5.75 Å². The Labute approximate surface area is 127 Å². The number of halogens is 2. The van der Waals surface area contributed by atoms with Crippen molar-refractivity contribution in [2.75, 3.05) is 0 Å². The van der Waals surface area contributed by atoms with Crippen molar-refractivity contribution >= 4 is 28.8 Å². The Hall–Kier alpha value is -1.65. The van der Waals surface area contributed by atoms with Crippen molar-refractivity contribution in [3.63, 3.8) is 0 Å². The molecule has 0 spiro atoms. The van der Waals surface area contributed by atoms with Crippen molar-refractivity contribution in [2.24, 2.45) is 5.73 Å². The molecule has 0 saturated carbocycles. The van der Waals surface area contributed by atoms with E-state index in [2.05, 4.69) is 0 Å². The van der Waals surface area contributed by atoms with Gasteiger partial charge < -0.3 is 10.5 Å². The van der Waals surface area contributed by atoms with Gasteiger partial charge in [-0.05, 0) is 30.7 Å². The minimum atomic E-state index is -0.370. The van der Waals surface area contributed by atoms with Gasteiger partial charge in [-0.1, -0.05) is 42.0 Å². The summed E-state index contributed by atoms with van der Waals surface area (Å²) in [5.74, 6) is 0.307. The molecule has 0 aliphatic carbocycles. The second-order valence-corrected chi connectivity index (χ2v) is 5.22. The molecule has 0 amide bonds. The van der Waals surface area contributed by atoms with E-state index in [1.807, 2.05) is 19.1 Å². The molecule has 2 aromatic rings. The lowest BCUT2D eigenvalue weighted by atomic mass is 10.1. The van der Waals surface area contributed by atoms with E-state index >= 15 is 0 Å². The van der Waals surface area contributed by atoms with Crippen LogP contribution in [-0.4, -0.2) is 4.99 Å². The average Bonchev–Trinajstić information content (AvgIpc) is 2.39. The van der Waals surface area contributed by atoms with Gasteiger partial charge in [-0.2, -0.15) is 0 Å². The lowest BCUT2D eigenvalue weighted by Crippen LogP contribution is -2.09. The van der Waals surface area contributed by atoms with Crippen LogP contribution in [0.2, 0.25) is 5.02 Å². The van der Waals surface area contributed by atoms with Crippen LogP contribution in [0.1, 0.15) is 16.7 Å². The van der Waals surface area contributed by atoms with Gasteiger partial charge in [0.05, 0.1) is 5.02 Å². The summed E-state index contributed by atoms with van der Waals surface area (Å²) in [5.41, 5.74) is 8.01. The van der Waals surface area contributed by atoms with E-state index < -0.39 is 0 Å². The second kappa shape index (κ2) is 6.20. The molecular formula is C15H13ClFNOS. The zero-order valence-corrected chi connectivity index (χ0v) is 12.4. The van der Waals surface area contributed by atoms with Crippen LogP contribution in [0.4, 0.5) is 4.39 Å². The lowest BCUT2D eigenvalue weighted by Gasteiger charge is -2.11. The molecule has 0 aliphatic heterocycles. The van der Waals surface area contributed by atoms with E-state index in [1.54, 1.807) is 12.1 Å². The quantitative estimate of drug-likeness (QED) is 0.867. The van der Waals surface area contributed by atoms with Crippen LogP contribution in [-0.2, 0) is 6.61 Å². The van der Waals surface area contributed by atoms with Gasteiger partial charge in [-0.3, -0.25) is 0 Å². The average molecular weight is 310 g/mol. The van der Waals surface area contributed by atoms with E-state index in [4.69, 9.17) is 34.3 Å². The first-order chi connectivity index (χ1) is 9.47. The van der Waals surface area contributed by atoms with E-state index in [0.29, 0.717) is 21.3 Å². The highest BCUT2D eigenvalue weighted by Gasteiger charge is 2.06. The van der Waals surface area contributed by atoms with Crippen molar-refractivity contribution in [3.05, 3.63) is 63.9 Å². The maximum absolute atomic E-state index is 13.0. The van der Waals surface area contributed by atoms with E-state index in [9.17, 15) is 4.39 Å². The Kier molecular flexibility index (Phi) is 4.57. The molecule has 0 aliphatic rings. The minimum Gasteiger partial charge on any atom is -0.489 e. The number of hydrogen-bond acceptors (Lipinski definition) is 2. The summed E-state index contributed by atoms with van der Waals surface area (Å²) in [6.45, 7) is 2.17. The minimum absolute atomic E-state index is 0.251. The molecule has 0 bridgehead atoms. The number of aryl methyl sites for hydroxylation is 1. The van der Waals surface area contributed by atoms with Gasteiger partial charge in [-0.25, -0.2) is 4.39 Å². The van der Waals surface area contributed by atoms with Crippen molar-refractivity contribution in [1.82, 2.24) is 0 Å². The van der Waals surface area contributed by atoms with Gasteiger partial charge in [0.1, 0.15) is 23.2 Å². The zero-order chi connectivity index (χ0) is 14.7. The highest BCUT2D eigenvalue weighted by molar-refractivity contribution is 7.80. The molecule has 0 aromatic heterocycles. The molecule has 2 aromatic carbocycles. The second-order valence-electron chi connectivity index (χ2n) is 4.37. The zero-order valence-electron chi connectivity index (χ0n) is 10.8. The smallest absolute Gasteiger partial charge is 0.124 e. The highest BCUT2D eigenvalue weighted by atomic mass is 35.5. The molecule has 20 heavy (non-hydrogen) atoms. The fourth-order valence-electron chi connectivity index (χ4n) is 1.70. The number of hydrogen-bond donors (Lipinski definition) is 1. The summed E-state index contributed by atoms with van der Waals surface area (Å²) >= 11 is 10.9. The van der Waals surface area contributed by atoms with Gasteiger partial charge in [0.2, 0.25) is 0 Å². The fraction of sp³-hybridized carbons (Fsp3) is 0.133. The molecule has 0 fully saturated rings. The maximum Gasteiger partial charge on any atom is 0.124 e. The molecule has 2 rings (SSSR count). The predicted molar refractivity (Wildman–Crippen MR) is 82.8 cm³/mol. The summed E-state index contributed by atoms with van der Waals surface area (Å²) in [5, 5.41) is 0.341. The highest BCUT2D eigenvalue weighted by Crippen LogP contribution is 2.23. The van der Waals surface area contributed by atoms with Crippen LogP contribution < -0.4 is 10.5 Å². The molecule has 0 radical (unpaired) electrons. The van der Waals surface area contributed by atoms with Crippen LogP contribution in [0, 0.1) is 12.7 Å². The van der Waals surface area contributed by atoms with Crippen molar-refractivity contribution in [2.45, 2.75) is 13.5 Å². The maximum atomic E-state index is 13.0. The lowest BCUT2D eigenvalue weighted by molar-refractivity contribution is 0.304. The first-order valence-corrected chi connectivity index (χ1v) is 6.73. The number of ether oxygens (including phenoxy) is 1. The first-order valence-electron chi connectivity index (χ1n) is 5.94. The van der Waals surface area contributed by atoms with Gasteiger partial charge in [-0.15, -0.1) is 0 Å². The summed E-state index contributed by atoms with van der Waals surface area (Å²) in [6.07, 6.45) is 0. The molecule has 5 heteroatoms. The predicted octanol–water partition coefficient (Wildman–Crippen LogP) is 4.00. The largest absolute Gasteiger partial charge is 0.489 e. The number of thiocarbonyl (C=S) groups is 1. The number of benzene rings is 2. The van der Waals surface area contributed by atoms with Gasteiger partial charge in [0.25, 0.3) is 0 Å². The normalized spacial score (nSPS) is 10.3. The standard InChI is InChI=1S/C15H13ClFNOS/c1-9-2-3-10(15(18)20)6-14(9)19-8-11-4-5-12(17)7-13(11)16/h2-7H,8H2,1H3,(H2,18,20). The van der Waals surface area contributed by atoms with E-state index in [0.717, 1.165) is 11.1 Å². The Balaban J connectivity index is 2.18. The third-order valence-electron chi connectivity index (χ3n) is 2.87. The SMILES string of the molecule is Cc1ccc(C(N)=S)cc1OCc1ccc(F)cc1Cl. The summed E-state index contributed by atoms with van der Waals surface area (Å²) in [4.78, 5) is 0.315. The Morgan fingerprint density at radius 1 is 1.30 bits per heavy atom. The molecular weight excluding hydrogens is 297 g/mol. The van der Waals surface area contributed by atoms with Crippen LogP contribution >= 0.6 is 23.8 Å². The van der Waals surface area contributed by atoms with Crippen LogP contribution in [0.5, 0.6) is 5.75 Å². The van der Waals surface area contributed by atoms with Gasteiger partial charge in [0.15, 0.2) is 0 Å². The first kappa shape index (κ1) is 14.8. The summed E-state index contributed by atoms with van der Waals surface area (Å²) in [6, 6.07) is 9.73. The number of rotatable bonds is 4. The molecule has 0 unspecified atom stereocenters. The fourth-order valence-corrected chi connectivity index (χ4v) is 2.05. The summed E-state index contributed by atoms with van der Waals surface area (Å²) < 4.78 is 18.7. The van der Waals surface area contributed by atoms with E-state index in [1.165, 1.54) is 12.1 Å².